The van der Waals surface area contributed by atoms with Gasteiger partial charge in [-0.3, -0.25) is 0 Å². The van der Waals surface area contributed by atoms with Gasteiger partial charge >= 0.3 is 0 Å². The molecule has 0 aliphatic carbocycles. The van der Waals surface area contributed by atoms with Crippen LogP contribution in [-0.2, 0) is 0 Å². The molecular weight excluding hydrogens is 229 g/mol. The molecule has 18 heavy (non-hydrogen) atoms. The van der Waals surface area contributed by atoms with Gasteiger partial charge in [0.1, 0.15) is 17.3 Å². The summed E-state index contributed by atoms with van der Waals surface area (Å²) in [5, 5.41) is 0. The monoisotopic (exact) mass is 245 g/mol. The van der Waals surface area contributed by atoms with Crippen molar-refractivity contribution in [1.29, 1.82) is 0 Å². The smallest absolute Gasteiger partial charge is 0.132 e. The maximum Gasteiger partial charge on any atom is 0.132 e. The molecule has 0 fully saturated rings. The summed E-state index contributed by atoms with van der Waals surface area (Å²) in [4.78, 5) is 0. The second kappa shape index (κ2) is 5.19. The first-order valence-corrected chi connectivity index (χ1v) is 5.86. The Labute approximate surface area is 106 Å². The highest BCUT2D eigenvalue weighted by Gasteiger charge is 2.10. The minimum Gasteiger partial charge on any atom is -0.457 e. The van der Waals surface area contributed by atoms with E-state index in [-0.39, 0.29) is 11.9 Å². The van der Waals surface area contributed by atoms with E-state index in [2.05, 4.69) is 0 Å². The van der Waals surface area contributed by atoms with Crippen molar-refractivity contribution in [3.05, 3.63) is 59.4 Å². The van der Waals surface area contributed by atoms with E-state index in [1.54, 1.807) is 13.0 Å². The Morgan fingerprint density at radius 2 is 1.94 bits per heavy atom. The van der Waals surface area contributed by atoms with E-state index in [4.69, 9.17) is 10.5 Å². The lowest BCUT2D eigenvalue weighted by Gasteiger charge is -2.14. The zero-order valence-electron chi connectivity index (χ0n) is 10.5. The lowest BCUT2D eigenvalue weighted by Crippen LogP contribution is -2.07. The number of hydrogen-bond acceptors (Lipinski definition) is 2. The highest BCUT2D eigenvalue weighted by atomic mass is 19.1. The van der Waals surface area contributed by atoms with Gasteiger partial charge in [0.25, 0.3) is 0 Å². The van der Waals surface area contributed by atoms with Crippen LogP contribution < -0.4 is 10.5 Å². The van der Waals surface area contributed by atoms with E-state index in [0.29, 0.717) is 11.3 Å². The quantitative estimate of drug-likeness (QED) is 0.888. The summed E-state index contributed by atoms with van der Waals surface area (Å²) in [6.07, 6.45) is 0. The molecule has 0 heterocycles. The second-order valence-electron chi connectivity index (χ2n) is 4.39. The van der Waals surface area contributed by atoms with Crippen LogP contribution in [0.3, 0.4) is 0 Å². The molecule has 1 atom stereocenters. The summed E-state index contributed by atoms with van der Waals surface area (Å²) in [6, 6.07) is 11.8. The van der Waals surface area contributed by atoms with Gasteiger partial charge in [-0.25, -0.2) is 4.39 Å². The minimum atomic E-state index is -0.307. The normalized spacial score (nSPS) is 12.2. The van der Waals surface area contributed by atoms with Crippen LogP contribution in [0.1, 0.15) is 24.1 Å². The van der Waals surface area contributed by atoms with Gasteiger partial charge in [0.2, 0.25) is 0 Å². The molecule has 0 saturated heterocycles. The molecular formula is C15H16FNO. The predicted octanol–water partition coefficient (Wildman–Crippen LogP) is 3.95. The molecule has 0 aliphatic rings. The van der Waals surface area contributed by atoms with Crippen LogP contribution in [0, 0.1) is 12.7 Å². The van der Waals surface area contributed by atoms with Crippen LogP contribution >= 0.6 is 0 Å². The van der Waals surface area contributed by atoms with E-state index < -0.39 is 0 Å². The zero-order valence-corrected chi connectivity index (χ0v) is 10.5. The third kappa shape index (κ3) is 2.87. The molecule has 2 aromatic carbocycles. The Morgan fingerprint density at radius 3 is 2.61 bits per heavy atom. The first-order chi connectivity index (χ1) is 8.56. The third-order valence-corrected chi connectivity index (χ3v) is 2.68. The summed E-state index contributed by atoms with van der Waals surface area (Å²) < 4.78 is 19.0. The predicted molar refractivity (Wildman–Crippen MR) is 70.3 cm³/mol. The minimum absolute atomic E-state index is 0.277. The zero-order chi connectivity index (χ0) is 13.1. The van der Waals surface area contributed by atoms with Gasteiger partial charge in [0.05, 0.1) is 0 Å². The molecule has 94 valence electrons. The van der Waals surface area contributed by atoms with E-state index >= 15 is 0 Å². The van der Waals surface area contributed by atoms with Gasteiger partial charge in [0, 0.05) is 11.6 Å². The van der Waals surface area contributed by atoms with Gasteiger partial charge in [-0.15, -0.1) is 0 Å². The van der Waals surface area contributed by atoms with Crippen molar-refractivity contribution in [2.45, 2.75) is 19.9 Å². The van der Waals surface area contributed by atoms with Crippen molar-refractivity contribution in [3.8, 4) is 11.5 Å². The lowest BCUT2D eigenvalue weighted by atomic mass is 10.1. The summed E-state index contributed by atoms with van der Waals surface area (Å²) in [5.41, 5.74) is 7.59. The van der Waals surface area contributed by atoms with Gasteiger partial charge in [-0.2, -0.15) is 0 Å². The molecule has 0 aliphatic heterocycles. The Kier molecular flexibility index (Phi) is 3.63. The van der Waals surface area contributed by atoms with Crippen LogP contribution in [0.5, 0.6) is 11.5 Å². The maximum absolute atomic E-state index is 13.2. The molecule has 0 aromatic heterocycles. The number of aryl methyl sites for hydroxylation is 1. The lowest BCUT2D eigenvalue weighted by molar-refractivity contribution is 0.469. The fourth-order valence-corrected chi connectivity index (χ4v) is 1.77. The first-order valence-electron chi connectivity index (χ1n) is 5.86. The number of ether oxygens (including phenoxy) is 1. The summed E-state index contributed by atoms with van der Waals surface area (Å²) in [7, 11) is 0. The average Bonchev–Trinajstić information content (AvgIpc) is 2.31. The van der Waals surface area contributed by atoms with Crippen molar-refractivity contribution in [2.24, 2.45) is 5.73 Å². The van der Waals surface area contributed by atoms with Crippen molar-refractivity contribution in [1.82, 2.24) is 0 Å². The van der Waals surface area contributed by atoms with Crippen LogP contribution in [0.4, 0.5) is 4.39 Å². The standard InChI is InChI=1S/C15H16FNO/c1-10-4-3-5-13(8-10)18-15-7-6-12(16)9-14(15)11(2)17/h3-9,11H,17H2,1-2H3/t11-/m0/s1. The number of benzene rings is 2. The molecule has 2 rings (SSSR count). The van der Waals surface area contributed by atoms with E-state index in [1.807, 2.05) is 31.2 Å². The number of nitrogens with two attached hydrogens (primary N) is 1. The molecule has 2 aromatic rings. The van der Waals surface area contributed by atoms with Gasteiger partial charge < -0.3 is 10.5 Å². The Bertz CT molecular complexity index is 552. The molecule has 2 N–H and O–H groups in total. The van der Waals surface area contributed by atoms with Gasteiger partial charge in [-0.05, 0) is 49.7 Å². The van der Waals surface area contributed by atoms with Gasteiger partial charge in [0.15, 0.2) is 0 Å². The fourth-order valence-electron chi connectivity index (χ4n) is 1.77. The van der Waals surface area contributed by atoms with Crippen LogP contribution in [0.2, 0.25) is 0 Å². The van der Waals surface area contributed by atoms with Crippen molar-refractivity contribution in [2.75, 3.05) is 0 Å². The summed E-state index contributed by atoms with van der Waals surface area (Å²) >= 11 is 0. The van der Waals surface area contributed by atoms with Crippen molar-refractivity contribution >= 4 is 0 Å². The Balaban J connectivity index is 2.34. The van der Waals surface area contributed by atoms with Crippen molar-refractivity contribution in [3.63, 3.8) is 0 Å². The highest BCUT2D eigenvalue weighted by molar-refractivity contribution is 5.40. The van der Waals surface area contributed by atoms with Crippen LogP contribution in [0.15, 0.2) is 42.5 Å². The number of hydrogen-bond donors (Lipinski definition) is 1. The molecule has 0 spiro atoms. The number of rotatable bonds is 3. The molecule has 0 amide bonds. The molecule has 2 nitrogen and oxygen atoms in total. The van der Waals surface area contributed by atoms with Crippen LogP contribution in [0.25, 0.3) is 0 Å². The molecule has 0 bridgehead atoms. The highest BCUT2D eigenvalue weighted by Crippen LogP contribution is 2.29. The van der Waals surface area contributed by atoms with E-state index in [1.165, 1.54) is 12.1 Å². The number of halogens is 1. The van der Waals surface area contributed by atoms with Crippen LogP contribution in [-0.4, -0.2) is 0 Å². The second-order valence-corrected chi connectivity index (χ2v) is 4.39. The van der Waals surface area contributed by atoms with Crippen molar-refractivity contribution < 1.29 is 9.13 Å². The maximum atomic E-state index is 13.2. The summed E-state index contributed by atoms with van der Waals surface area (Å²) in [5.74, 6) is 1.01. The molecule has 0 unspecified atom stereocenters. The Morgan fingerprint density at radius 1 is 1.17 bits per heavy atom. The largest absolute Gasteiger partial charge is 0.457 e. The molecule has 0 radical (unpaired) electrons. The Hall–Kier alpha value is -1.87. The first kappa shape index (κ1) is 12.6. The topological polar surface area (TPSA) is 35.2 Å². The third-order valence-electron chi connectivity index (χ3n) is 2.68. The molecule has 3 heteroatoms. The average molecular weight is 245 g/mol. The SMILES string of the molecule is Cc1cccc(Oc2ccc(F)cc2[C@H](C)N)c1. The fraction of sp³-hybridized carbons (Fsp3) is 0.200. The molecule has 0 saturated carbocycles. The summed E-state index contributed by atoms with van der Waals surface area (Å²) in [6.45, 7) is 3.79. The van der Waals surface area contributed by atoms with E-state index in [9.17, 15) is 4.39 Å². The van der Waals surface area contributed by atoms with E-state index in [0.717, 1.165) is 11.3 Å². The van der Waals surface area contributed by atoms with Gasteiger partial charge in [-0.1, -0.05) is 12.1 Å².